The maximum atomic E-state index is 12.1. The fourth-order valence-corrected chi connectivity index (χ4v) is 3.55. The summed E-state index contributed by atoms with van der Waals surface area (Å²) in [7, 11) is 0. The number of fused-ring (bicyclic) bond motifs is 1. The Bertz CT molecular complexity index is 824. The molecule has 0 bridgehead atoms. The monoisotopic (exact) mass is 365 g/mol. The van der Waals surface area contributed by atoms with Crippen LogP contribution < -0.4 is 19.7 Å². The molecule has 2 N–H and O–H groups in total. The molecule has 4 rings (SSSR count). The van der Waals surface area contributed by atoms with Crippen LogP contribution in [0.1, 0.15) is 29.5 Å². The molecule has 0 radical (unpaired) electrons. The molecule has 0 atom stereocenters. The molecular weight excluding hydrogens is 340 g/mol. The lowest BCUT2D eigenvalue weighted by Crippen LogP contribution is -3.08. The number of carbonyl (C=O) groups is 1. The van der Waals surface area contributed by atoms with Crippen molar-refractivity contribution < 1.29 is 19.2 Å². The summed E-state index contributed by atoms with van der Waals surface area (Å²) in [5.41, 5.74) is 3.38. The van der Waals surface area contributed by atoms with E-state index in [-0.39, 0.29) is 12.7 Å². The van der Waals surface area contributed by atoms with Crippen molar-refractivity contribution in [3.8, 4) is 11.5 Å². The highest BCUT2D eigenvalue weighted by molar-refractivity contribution is 5.91. The van der Waals surface area contributed by atoms with E-state index >= 15 is 0 Å². The van der Waals surface area contributed by atoms with Crippen LogP contribution in [-0.4, -0.2) is 25.8 Å². The molecule has 140 valence electrons. The normalized spacial score (nSPS) is 16.1. The molecule has 2 heterocycles. The summed E-state index contributed by atoms with van der Waals surface area (Å²) in [6.07, 6.45) is 6.01. The Balaban J connectivity index is 1.26. The molecule has 1 fully saturated rings. The van der Waals surface area contributed by atoms with E-state index < -0.39 is 0 Å². The topological polar surface area (TPSA) is 52.0 Å². The summed E-state index contributed by atoms with van der Waals surface area (Å²) in [5.74, 6) is 1.35. The van der Waals surface area contributed by atoms with Crippen LogP contribution in [-0.2, 0) is 17.9 Å². The van der Waals surface area contributed by atoms with E-state index in [4.69, 9.17) is 9.47 Å². The van der Waals surface area contributed by atoms with Gasteiger partial charge in [-0.25, -0.2) is 0 Å². The zero-order valence-corrected chi connectivity index (χ0v) is 15.4. The molecular formula is C22H25N2O3+. The molecule has 0 unspecified atom stereocenters. The van der Waals surface area contributed by atoms with Crippen LogP contribution in [0.25, 0.3) is 6.08 Å². The van der Waals surface area contributed by atoms with Crippen LogP contribution in [0.4, 0.5) is 0 Å². The molecule has 2 aromatic rings. The van der Waals surface area contributed by atoms with E-state index in [1.54, 1.807) is 17.1 Å². The second-order valence-corrected chi connectivity index (χ2v) is 7.11. The lowest BCUT2D eigenvalue weighted by Gasteiger charge is -2.12. The molecule has 0 aromatic heterocycles. The summed E-state index contributed by atoms with van der Waals surface area (Å²) in [5, 5.41) is 2.93. The van der Waals surface area contributed by atoms with Crippen molar-refractivity contribution in [2.75, 3.05) is 19.9 Å². The lowest BCUT2D eigenvalue weighted by atomic mass is 10.1. The summed E-state index contributed by atoms with van der Waals surface area (Å²) < 4.78 is 10.6. The highest BCUT2D eigenvalue weighted by Gasteiger charge is 2.15. The molecule has 5 heteroatoms. The second kappa shape index (κ2) is 8.27. The predicted molar refractivity (Wildman–Crippen MR) is 104 cm³/mol. The van der Waals surface area contributed by atoms with Gasteiger partial charge in [0, 0.05) is 31.0 Å². The van der Waals surface area contributed by atoms with E-state index in [1.807, 2.05) is 18.2 Å². The Kier molecular flexibility index (Phi) is 5.39. The Morgan fingerprint density at radius 1 is 1.00 bits per heavy atom. The first-order chi connectivity index (χ1) is 13.3. The van der Waals surface area contributed by atoms with Crippen molar-refractivity contribution in [1.29, 1.82) is 0 Å². The fourth-order valence-electron chi connectivity index (χ4n) is 3.55. The quantitative estimate of drug-likeness (QED) is 0.769. The number of quaternary nitrogens is 1. The Labute approximate surface area is 159 Å². The van der Waals surface area contributed by atoms with Gasteiger partial charge in [0.15, 0.2) is 11.5 Å². The van der Waals surface area contributed by atoms with E-state index in [1.165, 1.54) is 31.5 Å². The minimum absolute atomic E-state index is 0.113. The van der Waals surface area contributed by atoms with Crippen molar-refractivity contribution in [2.24, 2.45) is 0 Å². The second-order valence-electron chi connectivity index (χ2n) is 7.11. The molecule has 1 amide bonds. The van der Waals surface area contributed by atoms with Gasteiger partial charge in [0.2, 0.25) is 12.7 Å². The maximum absolute atomic E-state index is 12.1. The maximum Gasteiger partial charge on any atom is 0.244 e. The molecule has 0 saturated carbocycles. The molecule has 0 aliphatic carbocycles. The molecule has 5 nitrogen and oxygen atoms in total. The van der Waals surface area contributed by atoms with Gasteiger partial charge >= 0.3 is 0 Å². The van der Waals surface area contributed by atoms with Gasteiger partial charge in [0.1, 0.15) is 6.54 Å². The largest absolute Gasteiger partial charge is 0.454 e. The standard InChI is InChI=1S/C22H24N2O3/c25-22(10-8-17-7-9-20-21(13-17)27-16-26-20)23-14-18-3-5-19(6-4-18)15-24-11-1-2-12-24/h3-10,13H,1-2,11-12,14-16H2,(H,23,25)/p+1/b10-8+. The molecule has 27 heavy (non-hydrogen) atoms. The van der Waals surface area contributed by atoms with Crippen LogP contribution in [0.5, 0.6) is 11.5 Å². The first-order valence-corrected chi connectivity index (χ1v) is 9.53. The molecule has 2 aromatic carbocycles. The lowest BCUT2D eigenvalue weighted by molar-refractivity contribution is -0.901. The zero-order valence-electron chi connectivity index (χ0n) is 15.4. The Morgan fingerprint density at radius 2 is 1.74 bits per heavy atom. The van der Waals surface area contributed by atoms with Crippen LogP contribution in [0.3, 0.4) is 0 Å². The van der Waals surface area contributed by atoms with Crippen LogP contribution in [0.15, 0.2) is 48.5 Å². The number of benzene rings is 2. The SMILES string of the molecule is O=C(/C=C/c1ccc2c(c1)OCO2)NCc1ccc(C[NH+]2CCCC2)cc1. The average Bonchev–Trinajstić information content (AvgIpc) is 3.37. The van der Waals surface area contributed by atoms with Gasteiger partial charge in [-0.3, -0.25) is 4.79 Å². The average molecular weight is 365 g/mol. The van der Waals surface area contributed by atoms with Crippen LogP contribution in [0, 0.1) is 0 Å². The third-order valence-electron chi connectivity index (χ3n) is 5.08. The van der Waals surface area contributed by atoms with Crippen molar-refractivity contribution >= 4 is 12.0 Å². The summed E-state index contributed by atoms with van der Waals surface area (Å²) in [6.45, 7) is 4.45. The highest BCUT2D eigenvalue weighted by Crippen LogP contribution is 2.32. The highest BCUT2D eigenvalue weighted by atomic mass is 16.7. The van der Waals surface area contributed by atoms with Gasteiger partial charge < -0.3 is 19.7 Å². The summed E-state index contributed by atoms with van der Waals surface area (Å²) >= 11 is 0. The van der Waals surface area contributed by atoms with Crippen molar-refractivity contribution in [3.05, 3.63) is 65.2 Å². The van der Waals surface area contributed by atoms with Crippen LogP contribution in [0.2, 0.25) is 0 Å². The summed E-state index contributed by atoms with van der Waals surface area (Å²) in [4.78, 5) is 13.7. The van der Waals surface area contributed by atoms with Crippen molar-refractivity contribution in [2.45, 2.75) is 25.9 Å². The van der Waals surface area contributed by atoms with Gasteiger partial charge in [0.05, 0.1) is 13.1 Å². The van der Waals surface area contributed by atoms with Gasteiger partial charge in [0.25, 0.3) is 0 Å². The first kappa shape index (κ1) is 17.6. The molecule has 1 saturated heterocycles. The number of ether oxygens (including phenoxy) is 2. The zero-order chi connectivity index (χ0) is 18.5. The number of carbonyl (C=O) groups excluding carboxylic acids is 1. The number of rotatable bonds is 6. The first-order valence-electron chi connectivity index (χ1n) is 9.53. The minimum atomic E-state index is -0.113. The number of nitrogens with one attached hydrogen (secondary N) is 2. The Hall–Kier alpha value is -2.79. The number of hydrogen-bond acceptors (Lipinski definition) is 3. The van der Waals surface area contributed by atoms with Gasteiger partial charge in [-0.1, -0.05) is 30.3 Å². The molecule has 2 aliphatic heterocycles. The fraction of sp³-hybridized carbons (Fsp3) is 0.318. The third-order valence-corrected chi connectivity index (χ3v) is 5.08. The van der Waals surface area contributed by atoms with Crippen molar-refractivity contribution in [3.63, 3.8) is 0 Å². The minimum Gasteiger partial charge on any atom is -0.454 e. The number of likely N-dealkylation sites (tertiary alicyclic amines) is 1. The van der Waals surface area contributed by atoms with Gasteiger partial charge in [-0.05, 0) is 29.3 Å². The van der Waals surface area contributed by atoms with Gasteiger partial charge in [-0.15, -0.1) is 0 Å². The van der Waals surface area contributed by atoms with E-state index in [0.717, 1.165) is 23.4 Å². The predicted octanol–water partition coefficient (Wildman–Crippen LogP) is 1.92. The van der Waals surface area contributed by atoms with Crippen LogP contribution >= 0.6 is 0 Å². The number of amides is 1. The van der Waals surface area contributed by atoms with Crippen molar-refractivity contribution in [1.82, 2.24) is 5.32 Å². The van der Waals surface area contributed by atoms with E-state index in [0.29, 0.717) is 12.3 Å². The Morgan fingerprint density at radius 3 is 2.56 bits per heavy atom. The summed E-state index contributed by atoms with van der Waals surface area (Å²) in [6, 6.07) is 14.2. The van der Waals surface area contributed by atoms with E-state index in [9.17, 15) is 4.79 Å². The smallest absolute Gasteiger partial charge is 0.244 e. The van der Waals surface area contributed by atoms with Gasteiger partial charge in [-0.2, -0.15) is 0 Å². The van der Waals surface area contributed by atoms with E-state index in [2.05, 4.69) is 29.6 Å². The molecule has 2 aliphatic rings. The number of hydrogen-bond donors (Lipinski definition) is 2. The third kappa shape index (κ3) is 4.68. The molecule has 0 spiro atoms.